The Kier molecular flexibility index (Phi) is 6.92. The molecule has 164 valence electrons. The van der Waals surface area contributed by atoms with E-state index in [2.05, 4.69) is 4.90 Å². The lowest BCUT2D eigenvalue weighted by atomic mass is 9.90. The van der Waals surface area contributed by atoms with E-state index in [-0.39, 0.29) is 22.4 Å². The molecule has 1 amide bonds. The smallest absolute Gasteiger partial charge is 0.269 e. The molecular formula is C26H27N3O3. The van der Waals surface area contributed by atoms with Gasteiger partial charge in [0.1, 0.15) is 0 Å². The minimum absolute atomic E-state index is 0.114. The molecule has 0 spiro atoms. The highest BCUT2D eigenvalue weighted by Crippen LogP contribution is 2.27. The molecule has 0 N–H and O–H groups in total. The summed E-state index contributed by atoms with van der Waals surface area (Å²) in [5.41, 5.74) is 3.04. The van der Waals surface area contributed by atoms with Gasteiger partial charge in [-0.2, -0.15) is 0 Å². The molecule has 0 saturated carbocycles. The van der Waals surface area contributed by atoms with E-state index in [0.717, 1.165) is 36.2 Å². The Balaban J connectivity index is 1.47. The molecule has 4 rings (SSSR count). The van der Waals surface area contributed by atoms with Crippen LogP contribution in [0.15, 0.2) is 84.9 Å². The Labute approximate surface area is 188 Å². The number of non-ortho nitro benzene ring substituents is 1. The molecule has 32 heavy (non-hydrogen) atoms. The molecule has 3 aromatic carbocycles. The van der Waals surface area contributed by atoms with Crippen LogP contribution in [0.25, 0.3) is 0 Å². The fourth-order valence-corrected chi connectivity index (χ4v) is 4.33. The van der Waals surface area contributed by atoms with Gasteiger partial charge in [-0.3, -0.25) is 19.8 Å². The summed E-state index contributed by atoms with van der Waals surface area (Å²) in [5, 5.41) is 11.1. The maximum absolute atomic E-state index is 13.7. The predicted molar refractivity (Wildman–Crippen MR) is 124 cm³/mol. The zero-order valence-corrected chi connectivity index (χ0v) is 18.0. The van der Waals surface area contributed by atoms with E-state index < -0.39 is 0 Å². The maximum Gasteiger partial charge on any atom is 0.269 e. The lowest BCUT2D eigenvalue weighted by molar-refractivity contribution is -0.384. The monoisotopic (exact) mass is 429 g/mol. The molecule has 1 heterocycles. The van der Waals surface area contributed by atoms with E-state index in [4.69, 9.17) is 0 Å². The van der Waals surface area contributed by atoms with Gasteiger partial charge >= 0.3 is 0 Å². The fourth-order valence-electron chi connectivity index (χ4n) is 4.33. The van der Waals surface area contributed by atoms with Crippen LogP contribution < -0.4 is 0 Å². The van der Waals surface area contributed by atoms with Crippen molar-refractivity contribution < 1.29 is 9.72 Å². The fraction of sp³-hybridized carbons (Fsp3) is 0.269. The summed E-state index contributed by atoms with van der Waals surface area (Å²) in [6, 6.07) is 26.7. The number of nitro benzene ring substituents is 1. The molecule has 0 radical (unpaired) electrons. The molecular weight excluding hydrogens is 402 g/mol. The summed E-state index contributed by atoms with van der Waals surface area (Å²) in [5.74, 6) is -0.194. The van der Waals surface area contributed by atoms with Crippen LogP contribution >= 0.6 is 0 Å². The average molecular weight is 430 g/mol. The first-order valence-corrected chi connectivity index (χ1v) is 11.0. The zero-order chi connectivity index (χ0) is 22.3. The zero-order valence-electron chi connectivity index (χ0n) is 18.0. The number of amides is 1. The lowest BCUT2D eigenvalue weighted by Crippen LogP contribution is -2.38. The van der Waals surface area contributed by atoms with Gasteiger partial charge in [-0.1, -0.05) is 72.8 Å². The van der Waals surface area contributed by atoms with Crippen molar-refractivity contribution in [3.63, 3.8) is 0 Å². The number of carbonyl (C=O) groups excluding carboxylic acids is 1. The van der Waals surface area contributed by atoms with Gasteiger partial charge in [0, 0.05) is 44.9 Å². The van der Waals surface area contributed by atoms with Crippen LogP contribution in [-0.4, -0.2) is 46.8 Å². The summed E-state index contributed by atoms with van der Waals surface area (Å²) in [7, 11) is 0. The van der Waals surface area contributed by atoms with Gasteiger partial charge in [-0.05, 0) is 23.1 Å². The Morgan fingerprint density at radius 2 is 1.50 bits per heavy atom. The van der Waals surface area contributed by atoms with E-state index in [1.807, 2.05) is 71.6 Å². The van der Waals surface area contributed by atoms with E-state index in [9.17, 15) is 14.9 Å². The predicted octanol–water partition coefficient (Wildman–Crippen LogP) is 4.46. The Bertz CT molecular complexity index is 1020. The molecule has 0 aliphatic carbocycles. The molecule has 0 aromatic heterocycles. The van der Waals surface area contributed by atoms with Gasteiger partial charge in [0.15, 0.2) is 0 Å². The molecule has 1 aliphatic rings. The van der Waals surface area contributed by atoms with Gasteiger partial charge < -0.3 is 4.90 Å². The normalized spacial score (nSPS) is 14.8. The minimum atomic E-state index is -0.361. The number of carbonyl (C=O) groups is 1. The number of nitrogens with zero attached hydrogens (tertiary/aromatic N) is 3. The molecule has 0 atom stereocenters. The first-order chi connectivity index (χ1) is 15.6. The Morgan fingerprint density at radius 1 is 0.844 bits per heavy atom. The SMILES string of the molecule is O=C(C(c1ccccc1)c1ccccc1)N1CCCN(Cc2cccc([N+](=O)[O-])c2)CC1. The third kappa shape index (κ3) is 5.21. The first kappa shape index (κ1) is 21.7. The van der Waals surface area contributed by atoms with Crippen molar-refractivity contribution in [2.45, 2.75) is 18.9 Å². The molecule has 6 nitrogen and oxygen atoms in total. The molecule has 0 unspecified atom stereocenters. The summed E-state index contributed by atoms with van der Waals surface area (Å²) >= 11 is 0. The van der Waals surface area contributed by atoms with Crippen LogP contribution in [0.4, 0.5) is 5.69 Å². The second kappa shape index (κ2) is 10.2. The molecule has 6 heteroatoms. The third-order valence-electron chi connectivity index (χ3n) is 5.94. The largest absolute Gasteiger partial charge is 0.341 e. The van der Waals surface area contributed by atoms with Crippen LogP contribution in [0.5, 0.6) is 0 Å². The first-order valence-electron chi connectivity index (χ1n) is 11.0. The van der Waals surface area contributed by atoms with Gasteiger partial charge in [0.25, 0.3) is 5.69 Å². The maximum atomic E-state index is 13.7. The van der Waals surface area contributed by atoms with Crippen molar-refractivity contribution >= 4 is 11.6 Å². The summed E-state index contributed by atoms with van der Waals surface area (Å²) in [6.07, 6.45) is 0.872. The standard InChI is InChI=1S/C26H27N3O3/c30-26(25(22-10-3-1-4-11-22)23-12-5-2-6-13-23)28-16-8-15-27(17-18-28)20-21-9-7-14-24(19-21)29(31)32/h1-7,9-14,19,25H,8,15-18,20H2. The van der Waals surface area contributed by atoms with E-state index in [1.54, 1.807) is 12.1 Å². The second-order valence-corrected chi connectivity index (χ2v) is 8.14. The highest BCUT2D eigenvalue weighted by molar-refractivity contribution is 5.87. The van der Waals surface area contributed by atoms with Crippen molar-refractivity contribution in [2.75, 3.05) is 26.2 Å². The van der Waals surface area contributed by atoms with E-state index in [0.29, 0.717) is 19.6 Å². The number of nitro groups is 1. The number of rotatable bonds is 6. The van der Waals surface area contributed by atoms with Crippen LogP contribution in [0.3, 0.4) is 0 Å². The van der Waals surface area contributed by atoms with Crippen LogP contribution in [0.2, 0.25) is 0 Å². The molecule has 1 saturated heterocycles. The van der Waals surface area contributed by atoms with Gasteiger partial charge in [-0.15, -0.1) is 0 Å². The summed E-state index contributed by atoms with van der Waals surface area (Å²) in [6.45, 7) is 3.59. The second-order valence-electron chi connectivity index (χ2n) is 8.14. The molecule has 1 fully saturated rings. The van der Waals surface area contributed by atoms with E-state index in [1.165, 1.54) is 6.07 Å². The topological polar surface area (TPSA) is 66.7 Å². The van der Waals surface area contributed by atoms with Crippen molar-refractivity contribution in [2.24, 2.45) is 0 Å². The third-order valence-corrected chi connectivity index (χ3v) is 5.94. The van der Waals surface area contributed by atoms with Crippen molar-refractivity contribution in [3.05, 3.63) is 112 Å². The molecule has 1 aliphatic heterocycles. The highest BCUT2D eigenvalue weighted by atomic mass is 16.6. The van der Waals surface area contributed by atoms with Crippen molar-refractivity contribution in [3.8, 4) is 0 Å². The van der Waals surface area contributed by atoms with Gasteiger partial charge in [-0.25, -0.2) is 0 Å². The van der Waals surface area contributed by atoms with Crippen LogP contribution in [-0.2, 0) is 11.3 Å². The molecule has 3 aromatic rings. The Hall–Kier alpha value is -3.51. The van der Waals surface area contributed by atoms with E-state index >= 15 is 0 Å². The van der Waals surface area contributed by atoms with Gasteiger partial charge in [0.2, 0.25) is 5.91 Å². The summed E-state index contributed by atoms with van der Waals surface area (Å²) in [4.78, 5) is 28.6. The van der Waals surface area contributed by atoms with Crippen molar-refractivity contribution in [1.82, 2.24) is 9.80 Å². The Morgan fingerprint density at radius 3 is 2.12 bits per heavy atom. The minimum Gasteiger partial charge on any atom is -0.341 e. The lowest BCUT2D eigenvalue weighted by Gasteiger charge is -2.27. The van der Waals surface area contributed by atoms with Crippen LogP contribution in [0.1, 0.15) is 29.0 Å². The number of hydrogen-bond acceptors (Lipinski definition) is 4. The molecule has 0 bridgehead atoms. The van der Waals surface area contributed by atoms with Gasteiger partial charge in [0.05, 0.1) is 10.8 Å². The number of benzene rings is 3. The van der Waals surface area contributed by atoms with Crippen LogP contribution in [0, 0.1) is 10.1 Å². The summed E-state index contributed by atoms with van der Waals surface area (Å²) < 4.78 is 0. The average Bonchev–Trinajstić information content (AvgIpc) is 3.06. The highest BCUT2D eigenvalue weighted by Gasteiger charge is 2.28. The van der Waals surface area contributed by atoms with Crippen molar-refractivity contribution in [1.29, 1.82) is 0 Å². The quantitative estimate of drug-likeness (QED) is 0.429. The number of hydrogen-bond donors (Lipinski definition) is 0.